The van der Waals surface area contributed by atoms with E-state index in [4.69, 9.17) is 10.8 Å². The first-order valence-corrected chi connectivity index (χ1v) is 7.36. The Morgan fingerprint density at radius 3 is 2.58 bits per heavy atom. The van der Waals surface area contributed by atoms with Crippen LogP contribution in [0.5, 0.6) is 0 Å². The number of pyridine rings is 1. The van der Waals surface area contributed by atoms with Gasteiger partial charge in [0.2, 0.25) is 0 Å². The zero-order valence-electron chi connectivity index (χ0n) is 13.1. The normalized spacial score (nSPS) is 11.9. The van der Waals surface area contributed by atoms with Crippen LogP contribution >= 0.6 is 0 Å². The van der Waals surface area contributed by atoms with Gasteiger partial charge in [-0.1, -0.05) is 0 Å². The minimum Gasteiger partial charge on any atom is -0.394 e. The Balaban J connectivity index is 2.19. The highest BCUT2D eigenvalue weighted by Gasteiger charge is 2.34. The lowest BCUT2D eigenvalue weighted by molar-refractivity contribution is -0.141. The van der Waals surface area contributed by atoms with Crippen molar-refractivity contribution in [3.8, 4) is 11.1 Å². The number of benzene rings is 1. The van der Waals surface area contributed by atoms with Crippen molar-refractivity contribution in [1.82, 2.24) is 14.8 Å². The van der Waals surface area contributed by atoms with Crippen molar-refractivity contribution in [3.63, 3.8) is 0 Å². The average molecular weight is 368 g/mol. The van der Waals surface area contributed by atoms with Crippen molar-refractivity contribution in [3.05, 3.63) is 47.7 Å². The van der Waals surface area contributed by atoms with Crippen molar-refractivity contribution < 1.29 is 27.5 Å². The Morgan fingerprint density at radius 1 is 1.23 bits per heavy atom. The van der Waals surface area contributed by atoms with Gasteiger partial charge in [0, 0.05) is 28.8 Å². The smallest absolute Gasteiger partial charge is 0.394 e. The summed E-state index contributed by atoms with van der Waals surface area (Å²) in [5.41, 5.74) is 3.17. The molecule has 3 N–H and O–H groups in total. The molecule has 0 atom stereocenters. The predicted octanol–water partition coefficient (Wildman–Crippen LogP) is 2.35. The average Bonchev–Trinajstić information content (AvgIpc) is 2.94. The molecule has 2 aromatic heterocycles. The molecule has 0 saturated heterocycles. The fraction of sp³-hybridized carbons (Fsp3) is 0.188. The number of nitrogens with zero attached hydrogens (tertiary/aromatic N) is 3. The maximum absolute atomic E-state index is 14.5. The minimum absolute atomic E-state index is 0.129. The first-order chi connectivity index (χ1) is 12.2. The second-order valence-electron chi connectivity index (χ2n) is 5.46. The highest BCUT2D eigenvalue weighted by Crippen LogP contribution is 2.33. The number of carbonyl (C=O) groups excluding carboxylic acids is 1. The molecule has 0 aliphatic carbocycles. The maximum atomic E-state index is 14.5. The second-order valence-corrected chi connectivity index (χ2v) is 5.46. The number of hydrogen-bond acceptors (Lipinski definition) is 4. The van der Waals surface area contributed by atoms with E-state index in [0.29, 0.717) is 17.0 Å². The van der Waals surface area contributed by atoms with Gasteiger partial charge in [0.15, 0.2) is 0 Å². The summed E-state index contributed by atoms with van der Waals surface area (Å²) in [6.45, 7) is 0.0258. The Kier molecular flexibility index (Phi) is 4.36. The van der Waals surface area contributed by atoms with E-state index in [9.17, 15) is 22.4 Å². The van der Waals surface area contributed by atoms with Crippen LogP contribution in [0.25, 0.3) is 22.0 Å². The minimum atomic E-state index is -4.77. The van der Waals surface area contributed by atoms with E-state index in [1.54, 1.807) is 0 Å². The van der Waals surface area contributed by atoms with E-state index in [1.165, 1.54) is 16.9 Å². The van der Waals surface area contributed by atoms with Gasteiger partial charge in [-0.25, -0.2) is 9.37 Å². The van der Waals surface area contributed by atoms with Crippen LogP contribution in [-0.4, -0.2) is 32.4 Å². The SMILES string of the molecule is NC(=O)c1nc(C(F)(F)F)ccc1-c1cc2cn(CCO)nc2cc1F. The molecule has 0 aliphatic heterocycles. The summed E-state index contributed by atoms with van der Waals surface area (Å²) in [4.78, 5) is 14.8. The summed E-state index contributed by atoms with van der Waals surface area (Å²) in [7, 11) is 0. The highest BCUT2D eigenvalue weighted by molar-refractivity contribution is 5.99. The number of aromatic nitrogens is 3. The zero-order chi connectivity index (χ0) is 19.1. The van der Waals surface area contributed by atoms with Crippen molar-refractivity contribution >= 4 is 16.8 Å². The number of primary amides is 1. The number of amides is 1. The van der Waals surface area contributed by atoms with Crippen molar-refractivity contribution in [2.45, 2.75) is 12.7 Å². The second kappa shape index (κ2) is 6.37. The molecule has 0 saturated carbocycles. The van der Waals surface area contributed by atoms with Gasteiger partial charge in [-0.05, 0) is 18.2 Å². The summed E-state index contributed by atoms with van der Waals surface area (Å²) in [5.74, 6) is -2.00. The summed E-state index contributed by atoms with van der Waals surface area (Å²) in [6.07, 6.45) is -3.23. The predicted molar refractivity (Wildman–Crippen MR) is 83.5 cm³/mol. The monoisotopic (exact) mass is 368 g/mol. The van der Waals surface area contributed by atoms with Crippen LogP contribution in [0.2, 0.25) is 0 Å². The van der Waals surface area contributed by atoms with Gasteiger partial charge in [0.05, 0.1) is 18.7 Å². The maximum Gasteiger partial charge on any atom is 0.433 e. The van der Waals surface area contributed by atoms with Crippen molar-refractivity contribution in [1.29, 1.82) is 0 Å². The van der Waals surface area contributed by atoms with Crippen molar-refractivity contribution in [2.75, 3.05) is 6.61 Å². The summed E-state index contributed by atoms with van der Waals surface area (Å²) >= 11 is 0. The zero-order valence-corrected chi connectivity index (χ0v) is 13.1. The van der Waals surface area contributed by atoms with Crippen LogP contribution in [0.15, 0.2) is 30.5 Å². The number of rotatable bonds is 4. The van der Waals surface area contributed by atoms with Crippen LogP contribution in [0.4, 0.5) is 17.6 Å². The molecule has 3 aromatic rings. The molecule has 0 bridgehead atoms. The fourth-order valence-corrected chi connectivity index (χ4v) is 2.54. The molecule has 1 amide bonds. The molecule has 0 aliphatic rings. The summed E-state index contributed by atoms with van der Waals surface area (Å²) in [5, 5.41) is 13.5. The van der Waals surface area contributed by atoms with Gasteiger partial charge in [0.25, 0.3) is 5.91 Å². The molecular formula is C16H12F4N4O2. The van der Waals surface area contributed by atoms with Gasteiger partial charge >= 0.3 is 6.18 Å². The number of carbonyl (C=O) groups is 1. The van der Waals surface area contributed by atoms with E-state index in [2.05, 4.69) is 10.1 Å². The summed E-state index contributed by atoms with van der Waals surface area (Å²) in [6, 6.07) is 4.03. The molecule has 6 nitrogen and oxygen atoms in total. The lowest BCUT2D eigenvalue weighted by Crippen LogP contribution is -2.18. The Bertz CT molecular complexity index is 998. The summed E-state index contributed by atoms with van der Waals surface area (Å²) < 4.78 is 54.3. The molecule has 1 aromatic carbocycles. The molecule has 2 heterocycles. The third-order valence-corrected chi connectivity index (χ3v) is 3.68. The Morgan fingerprint density at radius 2 is 1.96 bits per heavy atom. The third kappa shape index (κ3) is 3.23. The van der Waals surface area contributed by atoms with E-state index in [-0.39, 0.29) is 24.3 Å². The molecule has 0 spiro atoms. The molecule has 0 radical (unpaired) electrons. The van der Waals surface area contributed by atoms with Crippen LogP contribution in [0, 0.1) is 5.82 Å². The van der Waals surface area contributed by atoms with Gasteiger partial charge < -0.3 is 10.8 Å². The molecule has 10 heteroatoms. The third-order valence-electron chi connectivity index (χ3n) is 3.68. The highest BCUT2D eigenvalue weighted by atomic mass is 19.4. The van der Waals surface area contributed by atoms with Crippen LogP contribution < -0.4 is 5.73 Å². The number of nitrogens with two attached hydrogens (primary N) is 1. The lowest BCUT2D eigenvalue weighted by Gasteiger charge is -2.11. The van der Waals surface area contributed by atoms with Crippen LogP contribution in [0.1, 0.15) is 16.2 Å². The van der Waals surface area contributed by atoms with Crippen LogP contribution in [0.3, 0.4) is 0 Å². The number of fused-ring (bicyclic) bond motifs is 1. The first-order valence-electron chi connectivity index (χ1n) is 7.36. The fourth-order valence-electron chi connectivity index (χ4n) is 2.54. The molecule has 26 heavy (non-hydrogen) atoms. The first kappa shape index (κ1) is 17.8. The number of halogens is 4. The molecular weight excluding hydrogens is 356 g/mol. The topological polar surface area (TPSA) is 94.0 Å². The van der Waals surface area contributed by atoms with E-state index >= 15 is 0 Å². The largest absolute Gasteiger partial charge is 0.433 e. The number of hydrogen-bond donors (Lipinski definition) is 2. The van der Waals surface area contributed by atoms with Crippen molar-refractivity contribution in [2.24, 2.45) is 5.73 Å². The number of aliphatic hydroxyl groups excluding tert-OH is 1. The quantitative estimate of drug-likeness (QED) is 0.691. The van der Waals surface area contributed by atoms with E-state index in [1.807, 2.05) is 0 Å². The van der Waals surface area contributed by atoms with Crippen LogP contribution in [-0.2, 0) is 12.7 Å². The Hall–Kier alpha value is -3.01. The van der Waals surface area contributed by atoms with Gasteiger partial charge in [-0.2, -0.15) is 18.3 Å². The van der Waals surface area contributed by atoms with Gasteiger partial charge in [-0.15, -0.1) is 0 Å². The number of aliphatic hydroxyl groups is 1. The molecule has 3 rings (SSSR count). The Labute approximate surface area is 143 Å². The standard InChI is InChI=1S/C16H12F4N4O2/c17-11-6-12-8(7-24(23-12)3-4-25)5-10(11)9-1-2-13(16(18,19)20)22-14(9)15(21)26/h1-2,5-7,25H,3-4H2,(H2,21,26). The molecule has 0 unspecified atom stereocenters. The van der Waals surface area contributed by atoms with Gasteiger partial charge in [-0.3, -0.25) is 9.48 Å². The number of alkyl halides is 3. The molecule has 136 valence electrons. The van der Waals surface area contributed by atoms with Gasteiger partial charge in [0.1, 0.15) is 17.2 Å². The van der Waals surface area contributed by atoms with E-state index < -0.39 is 29.3 Å². The van der Waals surface area contributed by atoms with E-state index in [0.717, 1.165) is 12.1 Å². The lowest BCUT2D eigenvalue weighted by atomic mass is 10.0. The molecule has 0 fully saturated rings.